The van der Waals surface area contributed by atoms with Gasteiger partial charge in [0.15, 0.2) is 0 Å². The van der Waals surface area contributed by atoms with Gasteiger partial charge in [0.2, 0.25) is 0 Å². The van der Waals surface area contributed by atoms with Crippen molar-refractivity contribution in [2.24, 2.45) is 5.92 Å². The van der Waals surface area contributed by atoms with Gasteiger partial charge >= 0.3 is 0 Å². The first kappa shape index (κ1) is 9.45. The first-order chi connectivity index (χ1) is 4.85. The summed E-state index contributed by atoms with van der Waals surface area (Å²) in [6.45, 7) is 2.85. The molecule has 0 aliphatic rings. The van der Waals surface area contributed by atoms with Gasteiger partial charge in [0.1, 0.15) is 0 Å². The Labute approximate surface area is 62.8 Å². The second-order valence-electron chi connectivity index (χ2n) is 2.47. The van der Waals surface area contributed by atoms with Crippen molar-refractivity contribution in [1.29, 1.82) is 5.26 Å². The number of hydrogen-bond acceptors (Lipinski definition) is 2. The first-order valence-electron chi connectivity index (χ1n) is 3.71. The molecule has 2 heteroatoms. The smallest absolute Gasteiger partial charge is 0.0625 e. The topological polar surface area (TPSA) is 33.0 Å². The molecule has 0 radical (unpaired) electrons. The van der Waals surface area contributed by atoms with Crippen LogP contribution in [0.1, 0.15) is 26.2 Å². The van der Waals surface area contributed by atoms with Crippen LogP contribution in [0.5, 0.6) is 0 Å². The van der Waals surface area contributed by atoms with Crippen LogP contribution in [0, 0.1) is 17.2 Å². The SMILES string of the molecule is CCCC(CC#N)COC. The van der Waals surface area contributed by atoms with Gasteiger partial charge < -0.3 is 4.74 Å². The van der Waals surface area contributed by atoms with Crippen LogP contribution >= 0.6 is 0 Å². The van der Waals surface area contributed by atoms with Crippen molar-refractivity contribution in [3.8, 4) is 6.07 Å². The standard InChI is InChI=1S/C8H15NO/c1-3-4-8(5-6-9)7-10-2/h8H,3-5,7H2,1-2H3. The minimum Gasteiger partial charge on any atom is -0.384 e. The summed E-state index contributed by atoms with van der Waals surface area (Å²) >= 11 is 0. The molecule has 0 spiro atoms. The molecular weight excluding hydrogens is 126 g/mol. The fraction of sp³-hybridized carbons (Fsp3) is 0.875. The summed E-state index contributed by atoms with van der Waals surface area (Å²) in [4.78, 5) is 0. The zero-order chi connectivity index (χ0) is 7.82. The average molecular weight is 141 g/mol. The Kier molecular flexibility index (Phi) is 6.21. The van der Waals surface area contributed by atoms with E-state index in [0.29, 0.717) is 12.3 Å². The highest BCUT2D eigenvalue weighted by molar-refractivity contribution is 4.75. The minimum atomic E-state index is 0.444. The molecule has 1 atom stereocenters. The van der Waals surface area contributed by atoms with Gasteiger partial charge in [0.25, 0.3) is 0 Å². The van der Waals surface area contributed by atoms with Crippen molar-refractivity contribution in [1.82, 2.24) is 0 Å². The van der Waals surface area contributed by atoms with Gasteiger partial charge in [0.05, 0.1) is 6.07 Å². The van der Waals surface area contributed by atoms with Crippen LogP contribution in [-0.4, -0.2) is 13.7 Å². The zero-order valence-electron chi connectivity index (χ0n) is 6.76. The van der Waals surface area contributed by atoms with Crippen molar-refractivity contribution in [3.63, 3.8) is 0 Å². The first-order valence-corrected chi connectivity index (χ1v) is 3.71. The summed E-state index contributed by atoms with van der Waals surface area (Å²) in [6.07, 6.45) is 2.86. The van der Waals surface area contributed by atoms with Crippen LogP contribution < -0.4 is 0 Å². The Morgan fingerprint density at radius 2 is 2.30 bits per heavy atom. The molecule has 0 aliphatic heterocycles. The van der Waals surface area contributed by atoms with E-state index < -0.39 is 0 Å². The molecule has 10 heavy (non-hydrogen) atoms. The third-order valence-electron chi connectivity index (χ3n) is 1.48. The van der Waals surface area contributed by atoms with Crippen molar-refractivity contribution < 1.29 is 4.74 Å². The lowest BCUT2D eigenvalue weighted by molar-refractivity contribution is 0.149. The predicted octanol–water partition coefficient (Wildman–Crippen LogP) is 1.96. The van der Waals surface area contributed by atoms with Crippen LogP contribution in [0.2, 0.25) is 0 Å². The lowest BCUT2D eigenvalue weighted by Gasteiger charge is -2.09. The number of nitriles is 1. The van der Waals surface area contributed by atoms with Crippen LogP contribution in [-0.2, 0) is 4.74 Å². The monoisotopic (exact) mass is 141 g/mol. The summed E-state index contributed by atoms with van der Waals surface area (Å²) in [5.41, 5.74) is 0. The summed E-state index contributed by atoms with van der Waals surface area (Å²) in [5.74, 6) is 0.444. The molecular formula is C8H15NO. The maximum absolute atomic E-state index is 8.38. The van der Waals surface area contributed by atoms with E-state index in [2.05, 4.69) is 13.0 Å². The molecule has 0 fully saturated rings. The molecule has 2 nitrogen and oxygen atoms in total. The van der Waals surface area contributed by atoms with Gasteiger partial charge in [-0.15, -0.1) is 0 Å². The van der Waals surface area contributed by atoms with Crippen LogP contribution in [0.15, 0.2) is 0 Å². The van der Waals surface area contributed by atoms with Crippen molar-refractivity contribution in [2.75, 3.05) is 13.7 Å². The number of rotatable bonds is 5. The summed E-state index contributed by atoms with van der Waals surface area (Å²) in [5, 5.41) is 8.38. The highest BCUT2D eigenvalue weighted by Crippen LogP contribution is 2.09. The van der Waals surface area contributed by atoms with Gasteiger partial charge in [-0.05, 0) is 12.3 Å². The van der Waals surface area contributed by atoms with Crippen LogP contribution in [0.3, 0.4) is 0 Å². The number of hydrogen-bond donors (Lipinski definition) is 0. The Morgan fingerprint density at radius 3 is 2.70 bits per heavy atom. The molecule has 0 saturated carbocycles. The number of nitrogens with zero attached hydrogens (tertiary/aromatic N) is 1. The maximum atomic E-state index is 8.38. The second kappa shape index (κ2) is 6.57. The van der Waals surface area contributed by atoms with E-state index in [0.717, 1.165) is 19.4 Å². The molecule has 58 valence electrons. The summed E-state index contributed by atoms with van der Waals surface area (Å²) in [6, 6.07) is 2.16. The Morgan fingerprint density at radius 1 is 1.60 bits per heavy atom. The maximum Gasteiger partial charge on any atom is 0.0625 e. The minimum absolute atomic E-state index is 0.444. The molecule has 0 aliphatic carbocycles. The predicted molar refractivity (Wildman–Crippen MR) is 40.5 cm³/mol. The van der Waals surface area contributed by atoms with Crippen molar-refractivity contribution in [3.05, 3.63) is 0 Å². The van der Waals surface area contributed by atoms with Gasteiger partial charge in [-0.2, -0.15) is 5.26 Å². The molecule has 0 saturated heterocycles. The molecule has 0 aromatic carbocycles. The molecule has 0 heterocycles. The van der Waals surface area contributed by atoms with E-state index in [9.17, 15) is 0 Å². The van der Waals surface area contributed by atoms with E-state index in [1.54, 1.807) is 7.11 Å². The molecule has 0 aromatic heterocycles. The number of methoxy groups -OCH3 is 1. The second-order valence-corrected chi connectivity index (χ2v) is 2.47. The van der Waals surface area contributed by atoms with Gasteiger partial charge in [0, 0.05) is 20.1 Å². The van der Waals surface area contributed by atoms with E-state index in [1.165, 1.54) is 0 Å². The molecule has 0 aromatic rings. The van der Waals surface area contributed by atoms with E-state index >= 15 is 0 Å². The fourth-order valence-electron chi connectivity index (χ4n) is 1.02. The van der Waals surface area contributed by atoms with Gasteiger partial charge in [-0.1, -0.05) is 13.3 Å². The molecule has 0 N–H and O–H groups in total. The third kappa shape index (κ3) is 4.34. The highest BCUT2D eigenvalue weighted by Gasteiger charge is 2.05. The van der Waals surface area contributed by atoms with E-state index in [4.69, 9.17) is 10.00 Å². The highest BCUT2D eigenvalue weighted by atomic mass is 16.5. The fourth-order valence-corrected chi connectivity index (χ4v) is 1.02. The molecule has 0 bridgehead atoms. The lowest BCUT2D eigenvalue weighted by Crippen LogP contribution is -2.06. The van der Waals surface area contributed by atoms with Crippen molar-refractivity contribution >= 4 is 0 Å². The zero-order valence-corrected chi connectivity index (χ0v) is 6.76. The average Bonchev–Trinajstić information content (AvgIpc) is 1.90. The molecule has 0 amide bonds. The number of ether oxygens (including phenoxy) is 1. The Balaban J connectivity index is 3.42. The summed E-state index contributed by atoms with van der Waals surface area (Å²) < 4.78 is 4.96. The third-order valence-corrected chi connectivity index (χ3v) is 1.48. The van der Waals surface area contributed by atoms with Gasteiger partial charge in [-0.25, -0.2) is 0 Å². The normalized spacial score (nSPS) is 12.5. The quantitative estimate of drug-likeness (QED) is 0.586. The van der Waals surface area contributed by atoms with Crippen LogP contribution in [0.25, 0.3) is 0 Å². The van der Waals surface area contributed by atoms with E-state index in [1.807, 2.05) is 0 Å². The van der Waals surface area contributed by atoms with Crippen molar-refractivity contribution in [2.45, 2.75) is 26.2 Å². The van der Waals surface area contributed by atoms with E-state index in [-0.39, 0.29) is 0 Å². The lowest BCUT2D eigenvalue weighted by atomic mass is 10.0. The molecule has 0 rings (SSSR count). The Bertz CT molecular complexity index is 100. The Hall–Kier alpha value is -0.550. The van der Waals surface area contributed by atoms with Crippen LogP contribution in [0.4, 0.5) is 0 Å². The summed E-state index contributed by atoms with van der Waals surface area (Å²) in [7, 11) is 1.68. The van der Waals surface area contributed by atoms with Gasteiger partial charge in [-0.3, -0.25) is 0 Å². The largest absolute Gasteiger partial charge is 0.384 e. The molecule has 1 unspecified atom stereocenters.